The number of hydrogen-bond donors (Lipinski definition) is 2. The molecule has 0 heterocycles. The lowest BCUT2D eigenvalue weighted by atomic mass is 10.1. The molecule has 0 saturated carbocycles. The van der Waals surface area contributed by atoms with E-state index in [-0.39, 0.29) is 12.4 Å². The zero-order valence-electron chi connectivity index (χ0n) is 8.20. The standard InChI is InChI=1S/C11H16N2.ClH/c1-10(12)13-9-5-8-11-6-3-2-4-7-11;/h2-4,6-7,13H,1,5,8-9,12H2;1H. The molecule has 3 N–H and O–H groups in total. The van der Waals surface area contributed by atoms with Crippen LogP contribution in [-0.4, -0.2) is 6.54 Å². The molecule has 0 saturated heterocycles. The highest BCUT2D eigenvalue weighted by atomic mass is 35.5. The van der Waals surface area contributed by atoms with Crippen LogP contribution < -0.4 is 11.1 Å². The Hall–Kier alpha value is -1.15. The third-order valence-electron chi connectivity index (χ3n) is 1.84. The normalized spacial score (nSPS) is 8.86. The van der Waals surface area contributed by atoms with Gasteiger partial charge in [-0.05, 0) is 18.4 Å². The van der Waals surface area contributed by atoms with Crippen molar-refractivity contribution < 1.29 is 0 Å². The predicted octanol–water partition coefficient (Wildman–Crippen LogP) is 2.06. The third-order valence-corrected chi connectivity index (χ3v) is 1.84. The molecule has 3 heteroatoms. The molecule has 0 aromatic heterocycles. The first-order valence-electron chi connectivity index (χ1n) is 4.51. The summed E-state index contributed by atoms with van der Waals surface area (Å²) in [5.41, 5.74) is 6.73. The Morgan fingerprint density at radius 3 is 2.50 bits per heavy atom. The number of benzene rings is 1. The van der Waals surface area contributed by atoms with Crippen LogP contribution >= 0.6 is 12.4 Å². The lowest BCUT2D eigenvalue weighted by Gasteiger charge is -2.04. The molecule has 1 aromatic carbocycles. The van der Waals surface area contributed by atoms with Gasteiger partial charge in [0, 0.05) is 6.54 Å². The fraction of sp³-hybridized carbons (Fsp3) is 0.273. The average Bonchev–Trinajstić information content (AvgIpc) is 2.14. The van der Waals surface area contributed by atoms with Crippen LogP contribution in [0.25, 0.3) is 0 Å². The van der Waals surface area contributed by atoms with Gasteiger partial charge in [0.1, 0.15) is 0 Å². The lowest BCUT2D eigenvalue weighted by molar-refractivity contribution is 0.720. The smallest absolute Gasteiger partial charge is 0.0885 e. The fourth-order valence-corrected chi connectivity index (χ4v) is 1.19. The molecule has 0 fully saturated rings. The summed E-state index contributed by atoms with van der Waals surface area (Å²) in [5.74, 6) is 0.549. The van der Waals surface area contributed by atoms with Crippen molar-refractivity contribution in [2.24, 2.45) is 5.73 Å². The number of nitrogens with two attached hydrogens (primary N) is 1. The minimum atomic E-state index is 0. The van der Waals surface area contributed by atoms with Crippen LogP contribution in [0.2, 0.25) is 0 Å². The van der Waals surface area contributed by atoms with Gasteiger partial charge < -0.3 is 11.1 Å². The van der Waals surface area contributed by atoms with Crippen LogP contribution in [0.5, 0.6) is 0 Å². The number of aryl methyl sites for hydroxylation is 1. The quantitative estimate of drug-likeness (QED) is 0.734. The summed E-state index contributed by atoms with van der Waals surface area (Å²) < 4.78 is 0. The molecule has 2 nitrogen and oxygen atoms in total. The molecule has 0 radical (unpaired) electrons. The predicted molar refractivity (Wildman–Crippen MR) is 63.3 cm³/mol. The highest BCUT2D eigenvalue weighted by Gasteiger charge is 1.91. The van der Waals surface area contributed by atoms with E-state index in [1.54, 1.807) is 0 Å². The maximum atomic E-state index is 5.37. The molecule has 1 rings (SSSR count). The Morgan fingerprint density at radius 1 is 1.29 bits per heavy atom. The van der Waals surface area contributed by atoms with Crippen LogP contribution in [0.15, 0.2) is 42.7 Å². The lowest BCUT2D eigenvalue weighted by Crippen LogP contribution is -2.20. The van der Waals surface area contributed by atoms with Crippen molar-refractivity contribution in [1.82, 2.24) is 5.32 Å². The van der Waals surface area contributed by atoms with E-state index < -0.39 is 0 Å². The SMILES string of the molecule is C=C(N)NCCCc1ccccc1.Cl. The summed E-state index contributed by atoms with van der Waals surface area (Å²) >= 11 is 0. The first-order valence-corrected chi connectivity index (χ1v) is 4.51. The number of rotatable bonds is 5. The average molecular weight is 213 g/mol. The van der Waals surface area contributed by atoms with Gasteiger partial charge in [0.05, 0.1) is 5.82 Å². The van der Waals surface area contributed by atoms with Gasteiger partial charge in [0.2, 0.25) is 0 Å². The summed E-state index contributed by atoms with van der Waals surface area (Å²) in [6.07, 6.45) is 2.17. The van der Waals surface area contributed by atoms with E-state index in [9.17, 15) is 0 Å². The van der Waals surface area contributed by atoms with E-state index >= 15 is 0 Å². The van der Waals surface area contributed by atoms with Gasteiger partial charge in [-0.2, -0.15) is 0 Å². The second-order valence-corrected chi connectivity index (χ2v) is 3.04. The number of nitrogens with one attached hydrogen (secondary N) is 1. The zero-order valence-corrected chi connectivity index (χ0v) is 9.02. The van der Waals surface area contributed by atoms with Crippen molar-refractivity contribution in [2.75, 3.05) is 6.54 Å². The van der Waals surface area contributed by atoms with Gasteiger partial charge in [-0.3, -0.25) is 0 Å². The molecule has 0 unspecified atom stereocenters. The summed E-state index contributed by atoms with van der Waals surface area (Å²) in [7, 11) is 0. The minimum Gasteiger partial charge on any atom is -0.386 e. The maximum absolute atomic E-state index is 5.37. The molecule has 0 bridgehead atoms. The molecular weight excluding hydrogens is 196 g/mol. The van der Waals surface area contributed by atoms with Gasteiger partial charge in [-0.15, -0.1) is 12.4 Å². The largest absolute Gasteiger partial charge is 0.386 e. The Morgan fingerprint density at radius 2 is 1.93 bits per heavy atom. The van der Waals surface area contributed by atoms with E-state index in [0.717, 1.165) is 19.4 Å². The van der Waals surface area contributed by atoms with E-state index in [1.807, 2.05) is 6.07 Å². The van der Waals surface area contributed by atoms with E-state index in [2.05, 4.69) is 36.2 Å². The summed E-state index contributed by atoms with van der Waals surface area (Å²) in [4.78, 5) is 0. The van der Waals surface area contributed by atoms with E-state index in [0.29, 0.717) is 5.82 Å². The molecule has 0 amide bonds. The highest BCUT2D eigenvalue weighted by Crippen LogP contribution is 2.01. The molecule has 0 aliphatic rings. The van der Waals surface area contributed by atoms with Crippen LogP contribution in [0.1, 0.15) is 12.0 Å². The molecule has 0 spiro atoms. The maximum Gasteiger partial charge on any atom is 0.0885 e. The van der Waals surface area contributed by atoms with Gasteiger partial charge in [-0.1, -0.05) is 36.9 Å². The van der Waals surface area contributed by atoms with Gasteiger partial charge in [-0.25, -0.2) is 0 Å². The van der Waals surface area contributed by atoms with Crippen LogP contribution in [0.3, 0.4) is 0 Å². The molecule has 1 aromatic rings. The van der Waals surface area contributed by atoms with Crippen molar-refractivity contribution >= 4 is 12.4 Å². The van der Waals surface area contributed by atoms with E-state index in [1.165, 1.54) is 5.56 Å². The van der Waals surface area contributed by atoms with Gasteiger partial charge >= 0.3 is 0 Å². The Bertz CT molecular complexity index is 259. The molecule has 0 aliphatic heterocycles. The second-order valence-electron chi connectivity index (χ2n) is 3.04. The van der Waals surface area contributed by atoms with Crippen molar-refractivity contribution in [1.29, 1.82) is 0 Å². The summed E-state index contributed by atoms with van der Waals surface area (Å²) in [5, 5.41) is 3.00. The van der Waals surface area contributed by atoms with Crippen LogP contribution in [0, 0.1) is 0 Å². The second kappa shape index (κ2) is 7.27. The van der Waals surface area contributed by atoms with Crippen LogP contribution in [0.4, 0.5) is 0 Å². The summed E-state index contributed by atoms with van der Waals surface area (Å²) in [6.45, 7) is 4.46. The Labute approximate surface area is 91.6 Å². The first kappa shape index (κ1) is 12.8. The van der Waals surface area contributed by atoms with Gasteiger partial charge in [0.15, 0.2) is 0 Å². The molecule has 14 heavy (non-hydrogen) atoms. The number of halogens is 1. The molecular formula is C11H17ClN2. The summed E-state index contributed by atoms with van der Waals surface area (Å²) in [6, 6.07) is 10.4. The third kappa shape index (κ3) is 5.49. The van der Waals surface area contributed by atoms with Crippen molar-refractivity contribution in [3.8, 4) is 0 Å². The minimum absolute atomic E-state index is 0. The fourth-order valence-electron chi connectivity index (χ4n) is 1.19. The Balaban J connectivity index is 0.00000169. The van der Waals surface area contributed by atoms with Crippen molar-refractivity contribution in [3.05, 3.63) is 48.3 Å². The molecule has 78 valence electrons. The topological polar surface area (TPSA) is 38.0 Å². The zero-order chi connectivity index (χ0) is 9.52. The monoisotopic (exact) mass is 212 g/mol. The Kier molecular flexibility index (Phi) is 6.68. The van der Waals surface area contributed by atoms with Gasteiger partial charge in [0.25, 0.3) is 0 Å². The van der Waals surface area contributed by atoms with Crippen molar-refractivity contribution in [3.63, 3.8) is 0 Å². The van der Waals surface area contributed by atoms with E-state index in [4.69, 9.17) is 5.73 Å². The number of hydrogen-bond acceptors (Lipinski definition) is 2. The molecule has 0 atom stereocenters. The van der Waals surface area contributed by atoms with Crippen LogP contribution in [-0.2, 0) is 6.42 Å². The first-order chi connectivity index (χ1) is 6.29. The molecule has 0 aliphatic carbocycles. The van der Waals surface area contributed by atoms with Crippen molar-refractivity contribution in [2.45, 2.75) is 12.8 Å². The highest BCUT2D eigenvalue weighted by molar-refractivity contribution is 5.85.